The molecule has 10 nitrogen and oxygen atoms in total. The number of amides is 2. The van der Waals surface area contributed by atoms with Crippen molar-refractivity contribution in [3.63, 3.8) is 0 Å². The summed E-state index contributed by atoms with van der Waals surface area (Å²) in [5, 5.41) is 25.2. The number of carbonyl (C=O) groups is 2. The fourth-order valence-corrected chi connectivity index (χ4v) is 7.17. The molecule has 12 heteroatoms. The number of nitrogen functional groups attached to an aromatic ring is 1. The third-order valence-corrected chi connectivity index (χ3v) is 9.46. The number of aliphatic hydroxyl groups excluding tert-OH is 1. The monoisotopic (exact) mass is 644 g/mol. The number of hydrogen-bond acceptors (Lipinski definition) is 6. The minimum atomic E-state index is -3.99. The van der Waals surface area contributed by atoms with E-state index in [4.69, 9.17) is 17.3 Å². The third kappa shape index (κ3) is 9.43. The van der Waals surface area contributed by atoms with Gasteiger partial charge in [0.05, 0.1) is 22.2 Å². The number of carboxylic acid groups (broad SMARTS) is 1. The van der Waals surface area contributed by atoms with Gasteiger partial charge in [0.1, 0.15) is 6.04 Å². The lowest BCUT2D eigenvalue weighted by Crippen LogP contribution is -2.50. The highest BCUT2D eigenvalue weighted by molar-refractivity contribution is 7.89. The van der Waals surface area contributed by atoms with Crippen LogP contribution >= 0.6 is 11.6 Å². The van der Waals surface area contributed by atoms with Crippen molar-refractivity contribution in [3.8, 4) is 0 Å². The second-order valence-electron chi connectivity index (χ2n) is 11.0. The zero-order valence-electron chi connectivity index (χ0n) is 24.9. The number of nitrogens with two attached hydrogens (primary N) is 1. The molecule has 0 aromatic heterocycles. The number of aliphatic hydroxyl groups is 1. The van der Waals surface area contributed by atoms with Crippen molar-refractivity contribution in [3.05, 3.63) is 95.0 Å². The number of carbonyl (C=O) groups excluding carboxylic acids is 1. The number of unbranched alkanes of at least 4 members (excludes halogenated alkanes) is 1. The van der Waals surface area contributed by atoms with Gasteiger partial charge in [-0.3, -0.25) is 4.79 Å². The molecule has 0 aliphatic carbocycles. The van der Waals surface area contributed by atoms with Crippen molar-refractivity contribution in [1.29, 1.82) is 0 Å². The molecule has 0 aliphatic rings. The molecule has 2 atom stereocenters. The van der Waals surface area contributed by atoms with Crippen LogP contribution in [-0.2, 0) is 14.8 Å². The van der Waals surface area contributed by atoms with Gasteiger partial charge < -0.3 is 26.6 Å². The van der Waals surface area contributed by atoms with Gasteiger partial charge in [-0.1, -0.05) is 92.5 Å². The summed E-state index contributed by atoms with van der Waals surface area (Å²) in [5.74, 6) is -1.06. The second-order valence-corrected chi connectivity index (χ2v) is 13.3. The summed E-state index contributed by atoms with van der Waals surface area (Å²) in [5.41, 5.74) is 7.60. The number of benzene rings is 3. The molecule has 2 amide bonds. The maximum Gasteiger partial charge on any atom is 0.405 e. The Morgan fingerprint density at radius 3 is 2.05 bits per heavy atom. The van der Waals surface area contributed by atoms with Crippen molar-refractivity contribution in [1.82, 2.24) is 14.9 Å². The predicted molar refractivity (Wildman–Crippen MR) is 172 cm³/mol. The number of hydrogen-bond donors (Lipinski definition) is 5. The number of nitrogens with one attached hydrogen (secondary N) is 2. The Balaban J connectivity index is 1.69. The average Bonchev–Trinajstić information content (AvgIpc) is 2.99. The van der Waals surface area contributed by atoms with E-state index in [2.05, 4.69) is 10.6 Å². The molecular formula is C32H41ClN4O6S. The number of halogens is 1. The molecule has 0 heterocycles. The molecule has 3 rings (SSSR count). The van der Waals surface area contributed by atoms with Crippen LogP contribution in [0, 0.1) is 5.92 Å². The smallest absolute Gasteiger partial charge is 0.405 e. The molecule has 0 fully saturated rings. The fraction of sp³-hybridized carbons (Fsp3) is 0.375. The van der Waals surface area contributed by atoms with E-state index in [0.29, 0.717) is 19.3 Å². The quantitative estimate of drug-likeness (QED) is 0.112. The fourth-order valence-electron chi connectivity index (χ4n) is 5.09. The molecule has 0 aliphatic heterocycles. The van der Waals surface area contributed by atoms with Crippen LogP contribution in [0.25, 0.3) is 0 Å². The first-order valence-corrected chi connectivity index (χ1v) is 16.3. The van der Waals surface area contributed by atoms with Crippen molar-refractivity contribution in [2.45, 2.75) is 56.0 Å². The average molecular weight is 645 g/mol. The highest BCUT2D eigenvalue weighted by Gasteiger charge is 2.33. The first kappa shape index (κ1) is 34.8. The van der Waals surface area contributed by atoms with Gasteiger partial charge in [0.25, 0.3) is 0 Å². The van der Waals surface area contributed by atoms with Crippen LogP contribution in [0.2, 0.25) is 5.02 Å². The Hall–Kier alpha value is -3.64. The standard InChI is InChI=1S/C32H41ClN4O6S/c1-22(2)20-37(44(42,43)26-16-17-28(34)27(33)19-26)25(21-38)15-9-10-18-35-31(39)30(36-32(40)41)29(23-11-5-3-6-12-23)24-13-7-4-8-14-24/h3-8,11-14,16-17,19,22,25,29-30,36,38H,9-10,15,18,20-21,34H2,1-2H3,(H,35,39)(H,40,41). The predicted octanol–water partition coefficient (Wildman–Crippen LogP) is 4.68. The molecular weight excluding hydrogens is 604 g/mol. The summed E-state index contributed by atoms with van der Waals surface area (Å²) in [6.07, 6.45) is -0.00139. The molecule has 3 aromatic rings. The van der Waals surface area contributed by atoms with Gasteiger partial charge in [0, 0.05) is 25.0 Å². The summed E-state index contributed by atoms with van der Waals surface area (Å²) in [6.45, 7) is 3.82. The van der Waals surface area contributed by atoms with Crippen molar-refractivity contribution in [2.75, 3.05) is 25.4 Å². The molecule has 0 radical (unpaired) electrons. The van der Waals surface area contributed by atoms with E-state index in [-0.39, 0.29) is 41.2 Å². The van der Waals surface area contributed by atoms with Crippen LogP contribution in [0.5, 0.6) is 0 Å². The Bertz CT molecular complexity index is 1440. The molecule has 44 heavy (non-hydrogen) atoms. The largest absolute Gasteiger partial charge is 0.465 e. The molecule has 238 valence electrons. The van der Waals surface area contributed by atoms with Gasteiger partial charge in [-0.15, -0.1) is 0 Å². The number of rotatable bonds is 16. The van der Waals surface area contributed by atoms with Crippen LogP contribution < -0.4 is 16.4 Å². The molecule has 6 N–H and O–H groups in total. The summed E-state index contributed by atoms with van der Waals surface area (Å²) < 4.78 is 28.4. The van der Waals surface area contributed by atoms with Gasteiger partial charge in [-0.2, -0.15) is 4.31 Å². The normalized spacial score (nSPS) is 13.2. The van der Waals surface area contributed by atoms with E-state index in [9.17, 15) is 28.2 Å². The van der Waals surface area contributed by atoms with E-state index in [1.165, 1.54) is 22.5 Å². The Morgan fingerprint density at radius 2 is 1.55 bits per heavy atom. The van der Waals surface area contributed by atoms with Crippen molar-refractivity contribution >= 4 is 39.3 Å². The highest BCUT2D eigenvalue weighted by atomic mass is 35.5. The summed E-state index contributed by atoms with van der Waals surface area (Å²) in [4.78, 5) is 25.1. The number of anilines is 1. The minimum absolute atomic E-state index is 0.00794. The lowest BCUT2D eigenvalue weighted by molar-refractivity contribution is -0.123. The van der Waals surface area contributed by atoms with E-state index < -0.39 is 40.0 Å². The molecule has 0 saturated carbocycles. The van der Waals surface area contributed by atoms with E-state index in [1.807, 2.05) is 74.5 Å². The Labute approximate surface area is 264 Å². The molecule has 0 bridgehead atoms. The topological polar surface area (TPSA) is 162 Å². The Morgan fingerprint density at radius 1 is 0.955 bits per heavy atom. The maximum absolute atomic E-state index is 13.6. The van der Waals surface area contributed by atoms with Crippen LogP contribution in [0.4, 0.5) is 10.5 Å². The van der Waals surface area contributed by atoms with Crippen LogP contribution in [0.15, 0.2) is 83.8 Å². The van der Waals surface area contributed by atoms with E-state index >= 15 is 0 Å². The second kappa shape index (κ2) is 16.4. The SMILES string of the molecule is CC(C)CN(C(CO)CCCCNC(=O)C(NC(=O)O)C(c1ccccc1)c1ccccc1)S(=O)(=O)c1ccc(N)c(Cl)c1. The lowest BCUT2D eigenvalue weighted by atomic mass is 9.84. The zero-order valence-corrected chi connectivity index (χ0v) is 26.5. The zero-order chi connectivity index (χ0) is 32.3. The highest BCUT2D eigenvalue weighted by Crippen LogP contribution is 2.29. The molecule has 0 spiro atoms. The first-order chi connectivity index (χ1) is 20.9. The van der Waals surface area contributed by atoms with Gasteiger partial charge >= 0.3 is 6.09 Å². The minimum Gasteiger partial charge on any atom is -0.465 e. The lowest BCUT2D eigenvalue weighted by Gasteiger charge is -2.31. The maximum atomic E-state index is 13.6. The molecule has 2 unspecified atom stereocenters. The summed E-state index contributed by atoms with van der Waals surface area (Å²) in [7, 11) is -3.99. The van der Waals surface area contributed by atoms with Gasteiger partial charge in [-0.25, -0.2) is 13.2 Å². The third-order valence-electron chi connectivity index (χ3n) is 7.22. The molecule has 0 saturated heterocycles. The molecule has 3 aromatic carbocycles. The number of nitrogens with zero attached hydrogens (tertiary/aromatic N) is 1. The van der Waals surface area contributed by atoms with Gasteiger partial charge in [0.2, 0.25) is 15.9 Å². The number of sulfonamides is 1. The van der Waals surface area contributed by atoms with E-state index in [0.717, 1.165) is 11.1 Å². The van der Waals surface area contributed by atoms with Crippen LogP contribution in [-0.4, -0.2) is 66.7 Å². The van der Waals surface area contributed by atoms with Gasteiger partial charge in [0.15, 0.2) is 0 Å². The summed E-state index contributed by atoms with van der Waals surface area (Å²) >= 11 is 6.10. The van der Waals surface area contributed by atoms with Crippen LogP contribution in [0.1, 0.15) is 50.2 Å². The van der Waals surface area contributed by atoms with Crippen molar-refractivity contribution < 1.29 is 28.2 Å². The van der Waals surface area contributed by atoms with Gasteiger partial charge in [-0.05, 0) is 48.1 Å². The Kier molecular flexibility index (Phi) is 13.0. The van der Waals surface area contributed by atoms with E-state index in [1.54, 1.807) is 0 Å². The van der Waals surface area contributed by atoms with Crippen molar-refractivity contribution in [2.24, 2.45) is 5.92 Å². The van der Waals surface area contributed by atoms with Crippen LogP contribution in [0.3, 0.4) is 0 Å². The first-order valence-electron chi connectivity index (χ1n) is 14.5. The summed E-state index contributed by atoms with van der Waals surface area (Å²) in [6, 6.07) is 20.8.